The van der Waals surface area contributed by atoms with Crippen molar-refractivity contribution in [3.63, 3.8) is 0 Å². The molecule has 0 aliphatic rings. The van der Waals surface area contributed by atoms with E-state index < -0.39 is 5.60 Å². The van der Waals surface area contributed by atoms with E-state index in [1.165, 1.54) is 0 Å². The summed E-state index contributed by atoms with van der Waals surface area (Å²) in [6.07, 6.45) is 6.11. The van der Waals surface area contributed by atoms with Gasteiger partial charge in [0.1, 0.15) is 0 Å². The molecule has 1 aromatic carbocycles. The van der Waals surface area contributed by atoms with Crippen LogP contribution in [0.1, 0.15) is 20.3 Å². The molecule has 0 fully saturated rings. The Labute approximate surface area is 129 Å². The maximum absolute atomic E-state index is 9.82. The Balaban J connectivity index is 1.96. The van der Waals surface area contributed by atoms with Gasteiger partial charge >= 0.3 is 0 Å². The number of aliphatic hydroxyl groups is 1. The van der Waals surface area contributed by atoms with Gasteiger partial charge in [0.15, 0.2) is 0 Å². The number of pyridine rings is 1. The number of benzene rings is 1. The van der Waals surface area contributed by atoms with Gasteiger partial charge in [0, 0.05) is 41.8 Å². The summed E-state index contributed by atoms with van der Waals surface area (Å²) in [5.74, 6) is 0. The van der Waals surface area contributed by atoms with Gasteiger partial charge in [-0.25, -0.2) is 0 Å². The number of hydrogen-bond acceptors (Lipinski definition) is 4. The Hall–Kier alpha value is -2.40. The van der Waals surface area contributed by atoms with Crippen molar-refractivity contribution in [3.05, 3.63) is 42.9 Å². The van der Waals surface area contributed by atoms with Crippen LogP contribution in [0.5, 0.6) is 0 Å². The predicted molar refractivity (Wildman–Crippen MR) is 88.3 cm³/mol. The van der Waals surface area contributed by atoms with E-state index in [1.807, 2.05) is 35.1 Å². The van der Waals surface area contributed by atoms with Gasteiger partial charge in [0.25, 0.3) is 0 Å². The van der Waals surface area contributed by atoms with Crippen molar-refractivity contribution in [2.75, 3.05) is 5.73 Å². The van der Waals surface area contributed by atoms with Crippen molar-refractivity contribution in [1.29, 1.82) is 0 Å². The number of nitrogens with zero attached hydrogens (tertiary/aromatic N) is 3. The largest absolute Gasteiger partial charge is 0.398 e. The fourth-order valence-electron chi connectivity index (χ4n) is 2.42. The molecular formula is C17H20N4O. The molecule has 3 aromatic rings. The summed E-state index contributed by atoms with van der Waals surface area (Å²) in [6.45, 7) is 4.27. The summed E-state index contributed by atoms with van der Waals surface area (Å²) in [4.78, 5) is 4.03. The van der Waals surface area contributed by atoms with E-state index in [9.17, 15) is 5.11 Å². The Morgan fingerprint density at radius 1 is 1.23 bits per heavy atom. The highest BCUT2D eigenvalue weighted by Gasteiger charge is 2.13. The highest BCUT2D eigenvalue weighted by molar-refractivity contribution is 5.91. The highest BCUT2D eigenvalue weighted by Crippen LogP contribution is 2.29. The quantitative estimate of drug-likeness (QED) is 0.726. The van der Waals surface area contributed by atoms with E-state index in [-0.39, 0.29) is 0 Å². The molecule has 22 heavy (non-hydrogen) atoms. The van der Waals surface area contributed by atoms with E-state index in [0.717, 1.165) is 27.7 Å². The first-order valence-corrected chi connectivity index (χ1v) is 7.32. The van der Waals surface area contributed by atoms with Crippen LogP contribution >= 0.6 is 0 Å². The number of hydrogen-bond donors (Lipinski definition) is 2. The highest BCUT2D eigenvalue weighted by atomic mass is 16.3. The molecule has 0 saturated carbocycles. The number of rotatable bonds is 4. The molecule has 3 N–H and O–H groups in total. The van der Waals surface area contributed by atoms with Gasteiger partial charge in [-0.15, -0.1) is 0 Å². The maximum atomic E-state index is 9.82. The molecule has 0 aliphatic heterocycles. The van der Waals surface area contributed by atoms with Crippen molar-refractivity contribution < 1.29 is 5.11 Å². The molecule has 0 bridgehead atoms. The Kier molecular flexibility index (Phi) is 3.58. The second kappa shape index (κ2) is 5.42. The molecule has 5 nitrogen and oxygen atoms in total. The van der Waals surface area contributed by atoms with Gasteiger partial charge in [0.05, 0.1) is 11.1 Å². The maximum Gasteiger partial charge on any atom is 0.0931 e. The number of fused-ring (bicyclic) bond motifs is 1. The second-order valence-electron chi connectivity index (χ2n) is 6.19. The smallest absolute Gasteiger partial charge is 0.0931 e. The van der Waals surface area contributed by atoms with Crippen molar-refractivity contribution in [2.45, 2.75) is 32.4 Å². The topological polar surface area (TPSA) is 77.0 Å². The molecule has 0 unspecified atom stereocenters. The van der Waals surface area contributed by atoms with Crippen molar-refractivity contribution in [1.82, 2.24) is 14.8 Å². The molecule has 2 aromatic heterocycles. The van der Waals surface area contributed by atoms with Crippen LogP contribution in [-0.2, 0) is 6.54 Å². The SMILES string of the molecule is CC(C)(O)CCn1cc2cc(N)c(-c3ccncc3)cc2n1. The molecule has 0 amide bonds. The predicted octanol–water partition coefficient (Wildman–Crippen LogP) is 2.84. The molecule has 0 spiro atoms. The Morgan fingerprint density at radius 2 is 1.95 bits per heavy atom. The molecule has 3 rings (SSSR count). The van der Waals surface area contributed by atoms with E-state index >= 15 is 0 Å². The number of nitrogen functional groups attached to an aromatic ring is 1. The van der Waals surface area contributed by atoms with Crippen LogP contribution in [0.25, 0.3) is 22.0 Å². The first kappa shape index (κ1) is 14.5. The summed E-state index contributed by atoms with van der Waals surface area (Å²) >= 11 is 0. The van der Waals surface area contributed by atoms with E-state index in [4.69, 9.17) is 5.73 Å². The molecule has 2 heterocycles. The zero-order valence-corrected chi connectivity index (χ0v) is 12.8. The summed E-state index contributed by atoms with van der Waals surface area (Å²) in [5.41, 5.74) is 9.09. The number of aryl methyl sites for hydroxylation is 1. The van der Waals surface area contributed by atoms with Gasteiger partial charge < -0.3 is 10.8 Å². The standard InChI is InChI=1S/C17H20N4O/c1-17(2,22)5-8-21-11-13-9-15(18)14(10-16(13)20-21)12-3-6-19-7-4-12/h3-4,6-7,9-11,22H,5,8,18H2,1-2H3. The van der Waals surface area contributed by atoms with Crippen LogP contribution in [0.2, 0.25) is 0 Å². The van der Waals surface area contributed by atoms with Gasteiger partial charge in [-0.2, -0.15) is 5.10 Å². The lowest BCUT2D eigenvalue weighted by Gasteiger charge is -2.16. The Morgan fingerprint density at radius 3 is 2.64 bits per heavy atom. The van der Waals surface area contributed by atoms with Crippen LogP contribution in [0.15, 0.2) is 42.9 Å². The average Bonchev–Trinajstić information content (AvgIpc) is 2.86. The number of anilines is 1. The Bertz CT molecular complexity index is 788. The molecular weight excluding hydrogens is 276 g/mol. The van der Waals surface area contributed by atoms with Crippen molar-refractivity contribution >= 4 is 16.6 Å². The van der Waals surface area contributed by atoms with E-state index in [2.05, 4.69) is 10.1 Å². The van der Waals surface area contributed by atoms with Gasteiger partial charge in [-0.05, 0) is 50.1 Å². The fraction of sp³-hybridized carbons (Fsp3) is 0.294. The molecule has 0 saturated heterocycles. The van der Waals surface area contributed by atoms with E-state index in [0.29, 0.717) is 13.0 Å². The van der Waals surface area contributed by atoms with Crippen molar-refractivity contribution in [2.24, 2.45) is 0 Å². The van der Waals surface area contributed by atoms with Gasteiger partial charge in [-0.1, -0.05) is 0 Å². The van der Waals surface area contributed by atoms with Crippen LogP contribution < -0.4 is 5.73 Å². The zero-order chi connectivity index (χ0) is 15.7. The van der Waals surface area contributed by atoms with Gasteiger partial charge in [0.2, 0.25) is 0 Å². The van der Waals surface area contributed by atoms with Crippen LogP contribution in [0.4, 0.5) is 5.69 Å². The summed E-state index contributed by atoms with van der Waals surface area (Å²) in [5, 5.41) is 15.4. The van der Waals surface area contributed by atoms with Gasteiger partial charge in [-0.3, -0.25) is 9.67 Å². The monoisotopic (exact) mass is 296 g/mol. The normalized spacial score (nSPS) is 12.0. The average molecular weight is 296 g/mol. The van der Waals surface area contributed by atoms with Crippen molar-refractivity contribution in [3.8, 4) is 11.1 Å². The molecule has 5 heteroatoms. The summed E-state index contributed by atoms with van der Waals surface area (Å²) in [6, 6.07) is 7.81. The third-order valence-electron chi connectivity index (χ3n) is 3.67. The van der Waals surface area contributed by atoms with E-state index in [1.54, 1.807) is 26.2 Å². The third-order valence-corrected chi connectivity index (χ3v) is 3.67. The summed E-state index contributed by atoms with van der Waals surface area (Å²) in [7, 11) is 0. The zero-order valence-electron chi connectivity index (χ0n) is 12.8. The van der Waals surface area contributed by atoms with Crippen LogP contribution in [0.3, 0.4) is 0 Å². The minimum atomic E-state index is -0.695. The summed E-state index contributed by atoms with van der Waals surface area (Å²) < 4.78 is 1.86. The third kappa shape index (κ3) is 3.09. The second-order valence-corrected chi connectivity index (χ2v) is 6.19. The number of aromatic nitrogens is 3. The molecule has 0 radical (unpaired) electrons. The minimum Gasteiger partial charge on any atom is -0.398 e. The van der Waals surface area contributed by atoms with Crippen LogP contribution in [-0.4, -0.2) is 25.5 Å². The number of nitrogens with two attached hydrogens (primary N) is 1. The lowest BCUT2D eigenvalue weighted by molar-refractivity contribution is 0.0651. The van der Waals surface area contributed by atoms with Crippen LogP contribution in [0, 0.1) is 0 Å². The fourth-order valence-corrected chi connectivity index (χ4v) is 2.42. The first-order valence-electron chi connectivity index (χ1n) is 7.32. The first-order chi connectivity index (χ1) is 10.4. The lowest BCUT2D eigenvalue weighted by atomic mass is 10.0. The molecule has 114 valence electrons. The molecule has 0 atom stereocenters. The minimum absolute atomic E-state index is 0.647. The molecule has 0 aliphatic carbocycles. The lowest BCUT2D eigenvalue weighted by Crippen LogP contribution is -2.21.